The highest BCUT2D eigenvalue weighted by Gasteiger charge is 2.52. The van der Waals surface area contributed by atoms with Gasteiger partial charge < -0.3 is 10.1 Å². The lowest BCUT2D eigenvalue weighted by Gasteiger charge is -2.20. The maximum absolute atomic E-state index is 12.6. The van der Waals surface area contributed by atoms with Gasteiger partial charge in [-0.15, -0.1) is 0 Å². The molecule has 3 rings (SSSR count). The molecule has 6 heteroatoms. The molecule has 22 heavy (non-hydrogen) atoms. The summed E-state index contributed by atoms with van der Waals surface area (Å²) in [6.07, 6.45) is 3.32. The fourth-order valence-corrected chi connectivity index (χ4v) is 3.23. The summed E-state index contributed by atoms with van der Waals surface area (Å²) in [6.45, 7) is 0.164. The zero-order chi connectivity index (χ0) is 15.7. The van der Waals surface area contributed by atoms with Gasteiger partial charge in [-0.3, -0.25) is 9.69 Å². The molecule has 6 nitrogen and oxygen atoms in total. The first-order valence-corrected chi connectivity index (χ1v) is 7.37. The number of carbonyl (C=O) groups is 3. The normalized spacial score (nSPS) is 19.6. The Balaban J connectivity index is 1.80. The van der Waals surface area contributed by atoms with Crippen LogP contribution in [-0.4, -0.2) is 35.5 Å². The van der Waals surface area contributed by atoms with Gasteiger partial charge in [0.05, 0.1) is 19.2 Å². The number of carbonyl (C=O) groups excluding carboxylic acids is 3. The van der Waals surface area contributed by atoms with Crippen molar-refractivity contribution in [1.82, 2.24) is 10.2 Å². The summed E-state index contributed by atoms with van der Waals surface area (Å²) in [5, 5.41) is 2.84. The molecule has 0 unspecified atom stereocenters. The summed E-state index contributed by atoms with van der Waals surface area (Å²) in [4.78, 5) is 37.5. The number of benzene rings is 1. The van der Waals surface area contributed by atoms with E-state index in [0.29, 0.717) is 18.4 Å². The number of urea groups is 1. The monoisotopic (exact) mass is 302 g/mol. The van der Waals surface area contributed by atoms with E-state index in [1.807, 2.05) is 0 Å². The highest BCUT2D eigenvalue weighted by atomic mass is 16.5. The van der Waals surface area contributed by atoms with Crippen LogP contribution in [0.15, 0.2) is 24.3 Å². The lowest BCUT2D eigenvalue weighted by Crippen LogP contribution is -2.44. The topological polar surface area (TPSA) is 75.7 Å². The molecule has 1 aromatic carbocycles. The van der Waals surface area contributed by atoms with Gasteiger partial charge in [0.15, 0.2) is 0 Å². The summed E-state index contributed by atoms with van der Waals surface area (Å²) in [6, 6.07) is 6.43. The van der Waals surface area contributed by atoms with E-state index in [-0.39, 0.29) is 18.5 Å². The van der Waals surface area contributed by atoms with Crippen LogP contribution in [0.2, 0.25) is 0 Å². The molecule has 116 valence electrons. The van der Waals surface area contributed by atoms with Gasteiger partial charge in [-0.2, -0.15) is 0 Å². The van der Waals surface area contributed by atoms with E-state index in [1.54, 1.807) is 24.3 Å². The molecule has 2 fully saturated rings. The third-order valence-corrected chi connectivity index (χ3v) is 4.39. The minimum absolute atomic E-state index is 0.154. The molecule has 0 bridgehead atoms. The minimum atomic E-state index is -0.697. The van der Waals surface area contributed by atoms with Crippen LogP contribution in [0.3, 0.4) is 0 Å². The molecule has 2 aliphatic rings. The summed E-state index contributed by atoms with van der Waals surface area (Å²) >= 11 is 0. The van der Waals surface area contributed by atoms with E-state index in [0.717, 1.165) is 18.4 Å². The number of imide groups is 1. The molecule has 3 amide bonds. The fraction of sp³-hybridized carbons (Fsp3) is 0.438. The minimum Gasteiger partial charge on any atom is -0.465 e. The standard InChI is InChI=1S/C16H18N2O4/c1-22-13(19)12-6-4-5-11(9-12)10-18-14(20)16(17-15(18)21)7-2-3-8-16/h4-6,9H,2-3,7-8,10H2,1H3,(H,17,21). The molecular formula is C16H18N2O4. The van der Waals surface area contributed by atoms with E-state index >= 15 is 0 Å². The van der Waals surface area contributed by atoms with Crippen molar-refractivity contribution < 1.29 is 19.1 Å². The van der Waals surface area contributed by atoms with E-state index in [1.165, 1.54) is 12.0 Å². The second-order valence-electron chi connectivity index (χ2n) is 5.80. The van der Waals surface area contributed by atoms with Gasteiger partial charge in [0.2, 0.25) is 0 Å². The summed E-state index contributed by atoms with van der Waals surface area (Å²) in [5.41, 5.74) is 0.431. The Kier molecular flexibility index (Phi) is 3.60. The van der Waals surface area contributed by atoms with E-state index in [4.69, 9.17) is 0 Å². The van der Waals surface area contributed by atoms with Gasteiger partial charge in [-0.05, 0) is 30.5 Å². The van der Waals surface area contributed by atoms with Crippen molar-refractivity contribution in [3.63, 3.8) is 0 Å². The second kappa shape index (κ2) is 5.44. The Morgan fingerprint density at radius 3 is 2.73 bits per heavy atom. The Bertz CT molecular complexity index is 635. The largest absolute Gasteiger partial charge is 0.465 e. The zero-order valence-corrected chi connectivity index (χ0v) is 12.4. The van der Waals surface area contributed by atoms with Crippen LogP contribution in [0.5, 0.6) is 0 Å². The van der Waals surface area contributed by atoms with Gasteiger partial charge in [0, 0.05) is 0 Å². The van der Waals surface area contributed by atoms with E-state index < -0.39 is 11.5 Å². The van der Waals surface area contributed by atoms with E-state index in [2.05, 4.69) is 10.1 Å². The zero-order valence-electron chi connectivity index (χ0n) is 12.4. The average Bonchev–Trinajstić information content (AvgIpc) is 3.08. The highest BCUT2D eigenvalue weighted by molar-refractivity contribution is 6.07. The number of methoxy groups -OCH3 is 1. The lowest BCUT2D eigenvalue weighted by atomic mass is 9.98. The molecule has 0 atom stereocenters. The van der Waals surface area contributed by atoms with Gasteiger partial charge in [-0.25, -0.2) is 9.59 Å². The highest BCUT2D eigenvalue weighted by Crippen LogP contribution is 2.35. The van der Waals surface area contributed by atoms with Crippen LogP contribution in [0, 0.1) is 0 Å². The Morgan fingerprint density at radius 2 is 2.05 bits per heavy atom. The third kappa shape index (κ3) is 2.34. The number of ether oxygens (including phenoxy) is 1. The van der Waals surface area contributed by atoms with Crippen LogP contribution in [-0.2, 0) is 16.1 Å². The Hall–Kier alpha value is -2.37. The number of amides is 3. The molecule has 1 heterocycles. The second-order valence-corrected chi connectivity index (χ2v) is 5.80. The number of rotatable bonds is 3. The molecule has 1 aromatic rings. The van der Waals surface area contributed by atoms with Crippen molar-refractivity contribution >= 4 is 17.9 Å². The predicted molar refractivity (Wildman–Crippen MR) is 78.1 cm³/mol. The lowest BCUT2D eigenvalue weighted by molar-refractivity contribution is -0.131. The van der Waals surface area contributed by atoms with E-state index in [9.17, 15) is 14.4 Å². The van der Waals surface area contributed by atoms with Crippen molar-refractivity contribution in [1.29, 1.82) is 0 Å². The Morgan fingerprint density at radius 1 is 1.32 bits per heavy atom. The molecular weight excluding hydrogens is 284 g/mol. The molecule has 1 spiro atoms. The summed E-state index contributed by atoms with van der Waals surface area (Å²) in [5.74, 6) is -0.593. The molecule has 1 saturated heterocycles. The van der Waals surface area contributed by atoms with Crippen LogP contribution in [0.25, 0.3) is 0 Å². The maximum Gasteiger partial charge on any atom is 0.337 e. The van der Waals surface area contributed by atoms with Crippen molar-refractivity contribution in [2.24, 2.45) is 0 Å². The molecule has 0 radical (unpaired) electrons. The fourth-order valence-electron chi connectivity index (χ4n) is 3.23. The first-order chi connectivity index (χ1) is 10.6. The van der Waals surface area contributed by atoms with Crippen LogP contribution in [0.4, 0.5) is 4.79 Å². The number of nitrogens with zero attached hydrogens (tertiary/aromatic N) is 1. The van der Waals surface area contributed by atoms with Crippen molar-refractivity contribution in [2.45, 2.75) is 37.8 Å². The molecule has 1 aliphatic heterocycles. The van der Waals surface area contributed by atoms with Gasteiger partial charge >= 0.3 is 12.0 Å². The average molecular weight is 302 g/mol. The predicted octanol–water partition coefficient (Wildman–Crippen LogP) is 1.84. The first-order valence-electron chi connectivity index (χ1n) is 7.37. The van der Waals surface area contributed by atoms with Crippen molar-refractivity contribution in [3.05, 3.63) is 35.4 Å². The van der Waals surface area contributed by atoms with Crippen LogP contribution >= 0.6 is 0 Å². The molecule has 1 aliphatic carbocycles. The van der Waals surface area contributed by atoms with Gasteiger partial charge in [0.25, 0.3) is 5.91 Å². The number of esters is 1. The number of nitrogens with one attached hydrogen (secondary N) is 1. The molecule has 1 N–H and O–H groups in total. The number of hydrogen-bond donors (Lipinski definition) is 1. The quantitative estimate of drug-likeness (QED) is 0.683. The molecule has 1 saturated carbocycles. The third-order valence-electron chi connectivity index (χ3n) is 4.39. The van der Waals surface area contributed by atoms with Crippen LogP contribution < -0.4 is 5.32 Å². The summed E-state index contributed by atoms with van der Waals surface area (Å²) < 4.78 is 4.68. The van der Waals surface area contributed by atoms with Crippen molar-refractivity contribution in [3.8, 4) is 0 Å². The molecule has 0 aromatic heterocycles. The number of hydrogen-bond acceptors (Lipinski definition) is 4. The van der Waals surface area contributed by atoms with Crippen molar-refractivity contribution in [2.75, 3.05) is 7.11 Å². The van der Waals surface area contributed by atoms with Gasteiger partial charge in [-0.1, -0.05) is 25.0 Å². The van der Waals surface area contributed by atoms with Crippen LogP contribution in [0.1, 0.15) is 41.6 Å². The summed E-state index contributed by atoms with van der Waals surface area (Å²) in [7, 11) is 1.32. The SMILES string of the molecule is COC(=O)c1cccc(CN2C(=O)NC3(CCCC3)C2=O)c1. The smallest absolute Gasteiger partial charge is 0.337 e. The first kappa shape index (κ1) is 14.6. The van der Waals surface area contributed by atoms with Gasteiger partial charge in [0.1, 0.15) is 5.54 Å². The maximum atomic E-state index is 12.6. The Labute approximate surface area is 128 Å².